The number of anilines is 1. The van der Waals surface area contributed by atoms with Gasteiger partial charge in [0.25, 0.3) is 5.56 Å². The van der Waals surface area contributed by atoms with Crippen LogP contribution < -0.4 is 16.2 Å². The first-order valence-corrected chi connectivity index (χ1v) is 11.1. The van der Waals surface area contributed by atoms with Crippen molar-refractivity contribution >= 4 is 22.7 Å². The lowest BCUT2D eigenvalue weighted by molar-refractivity contribution is 0.501. The predicted octanol–water partition coefficient (Wildman–Crippen LogP) is 4.49. The molecule has 1 aliphatic rings. The Morgan fingerprint density at radius 1 is 1.19 bits per heavy atom. The molecular formula is C25H31N5O. The normalized spacial score (nSPS) is 15.6. The van der Waals surface area contributed by atoms with Crippen molar-refractivity contribution in [1.82, 2.24) is 9.38 Å². The smallest absolute Gasteiger partial charge is 0.258 e. The molecule has 1 saturated heterocycles. The molecule has 0 aliphatic carbocycles. The maximum Gasteiger partial charge on any atom is 0.258 e. The van der Waals surface area contributed by atoms with Crippen molar-refractivity contribution in [3.63, 3.8) is 0 Å². The third-order valence-corrected chi connectivity index (χ3v) is 5.98. The van der Waals surface area contributed by atoms with Crippen molar-refractivity contribution in [1.29, 1.82) is 0 Å². The number of aryl methyl sites for hydroxylation is 1. The fourth-order valence-corrected chi connectivity index (χ4v) is 4.10. The quantitative estimate of drug-likeness (QED) is 0.621. The molecule has 3 heterocycles. The van der Waals surface area contributed by atoms with Gasteiger partial charge in [-0.2, -0.15) is 0 Å². The molecule has 0 amide bonds. The molecular weight excluding hydrogens is 386 g/mol. The first-order chi connectivity index (χ1) is 14.9. The van der Waals surface area contributed by atoms with Crippen LogP contribution in [0.1, 0.15) is 45.1 Å². The number of hydrogen-bond acceptors (Lipinski definition) is 5. The first-order valence-electron chi connectivity index (χ1n) is 11.1. The summed E-state index contributed by atoms with van der Waals surface area (Å²) in [4.78, 5) is 24.8. The average molecular weight is 418 g/mol. The topological polar surface area (TPSA) is 76.0 Å². The van der Waals surface area contributed by atoms with Gasteiger partial charge in [0.2, 0.25) is 0 Å². The lowest BCUT2D eigenvalue weighted by Crippen LogP contribution is -2.39. The molecule has 0 spiro atoms. The van der Waals surface area contributed by atoms with Crippen LogP contribution in [0, 0.1) is 6.92 Å². The Kier molecular flexibility index (Phi) is 6.18. The van der Waals surface area contributed by atoms with Gasteiger partial charge in [-0.3, -0.25) is 14.2 Å². The number of benzene rings is 1. The Morgan fingerprint density at radius 3 is 2.71 bits per heavy atom. The van der Waals surface area contributed by atoms with Gasteiger partial charge < -0.3 is 10.6 Å². The summed E-state index contributed by atoms with van der Waals surface area (Å²) < 4.78 is 1.63. The monoisotopic (exact) mass is 417 g/mol. The Bertz CT molecular complexity index is 1170. The van der Waals surface area contributed by atoms with Crippen LogP contribution in [0.4, 0.5) is 11.4 Å². The third kappa shape index (κ3) is 4.69. The maximum absolute atomic E-state index is 12.9. The molecule has 31 heavy (non-hydrogen) atoms. The highest BCUT2D eigenvalue weighted by Gasteiger charge is 2.17. The number of piperidine rings is 1. The van der Waals surface area contributed by atoms with Crippen LogP contribution in [-0.2, 0) is 0 Å². The van der Waals surface area contributed by atoms with E-state index < -0.39 is 0 Å². The van der Waals surface area contributed by atoms with Gasteiger partial charge in [0.05, 0.1) is 17.1 Å². The summed E-state index contributed by atoms with van der Waals surface area (Å²) in [5, 5.41) is 0. The van der Waals surface area contributed by atoms with Gasteiger partial charge in [-0.15, -0.1) is 0 Å². The van der Waals surface area contributed by atoms with E-state index in [1.807, 2.05) is 36.5 Å². The standard InChI is InChI=1S/C25H31N5O/c1-4-5-18(3)27-22-14-19(7-6-17(22)2)23-15-25(31)30-16-21(8-9-24(30)28-23)29-12-10-20(26)11-13-29/h6-9,14-16,20H,4-5,10-13,26H2,1-3H3. The molecule has 1 aromatic carbocycles. The minimum Gasteiger partial charge on any atom is -0.370 e. The first kappa shape index (κ1) is 21.2. The Labute approximate surface area is 183 Å². The van der Waals surface area contributed by atoms with E-state index in [2.05, 4.69) is 25.7 Å². The van der Waals surface area contributed by atoms with Gasteiger partial charge >= 0.3 is 0 Å². The van der Waals surface area contributed by atoms with Gasteiger partial charge in [0, 0.05) is 42.7 Å². The lowest BCUT2D eigenvalue weighted by atomic mass is 10.1. The van der Waals surface area contributed by atoms with Crippen LogP contribution in [0.2, 0.25) is 0 Å². The Hall–Kier alpha value is -2.99. The highest BCUT2D eigenvalue weighted by molar-refractivity contribution is 5.85. The third-order valence-electron chi connectivity index (χ3n) is 5.98. The number of rotatable bonds is 5. The SMILES string of the molecule is CCCC(C)=Nc1cc(-c2cc(=O)n3cc(N4CCC(N)CC4)ccc3n2)ccc1C. The molecule has 0 unspecified atom stereocenters. The van der Waals surface area contributed by atoms with Crippen molar-refractivity contribution in [2.75, 3.05) is 18.0 Å². The highest BCUT2D eigenvalue weighted by atomic mass is 16.1. The van der Waals surface area contributed by atoms with Crippen LogP contribution in [0.25, 0.3) is 16.9 Å². The average Bonchev–Trinajstić information content (AvgIpc) is 2.76. The molecule has 1 fully saturated rings. The van der Waals surface area contributed by atoms with Gasteiger partial charge in [-0.05, 0) is 56.9 Å². The molecule has 3 aromatic rings. The number of nitrogens with zero attached hydrogens (tertiary/aromatic N) is 4. The number of nitrogens with two attached hydrogens (primary N) is 1. The summed E-state index contributed by atoms with van der Waals surface area (Å²) in [5.74, 6) is 0. The van der Waals surface area contributed by atoms with E-state index in [0.29, 0.717) is 11.3 Å². The number of pyridine rings is 1. The lowest BCUT2D eigenvalue weighted by Gasteiger charge is -2.32. The fraction of sp³-hybridized carbons (Fsp3) is 0.400. The number of aliphatic imine (C=N–C) groups is 1. The van der Waals surface area contributed by atoms with E-state index in [1.165, 1.54) is 0 Å². The molecule has 1 aliphatic heterocycles. The van der Waals surface area contributed by atoms with Gasteiger partial charge in [0.1, 0.15) is 5.65 Å². The van der Waals surface area contributed by atoms with Gasteiger partial charge in [-0.1, -0.05) is 25.5 Å². The van der Waals surface area contributed by atoms with E-state index in [0.717, 1.165) is 67.0 Å². The molecule has 2 aromatic heterocycles. The summed E-state index contributed by atoms with van der Waals surface area (Å²) in [6, 6.07) is 11.9. The van der Waals surface area contributed by atoms with Crippen LogP contribution in [-0.4, -0.2) is 34.2 Å². The zero-order chi connectivity index (χ0) is 22.0. The molecule has 4 rings (SSSR count). The van der Waals surface area contributed by atoms with Crippen molar-refractivity contribution in [2.24, 2.45) is 10.7 Å². The molecule has 0 radical (unpaired) electrons. The van der Waals surface area contributed by atoms with Crippen molar-refractivity contribution in [2.45, 2.75) is 52.5 Å². The maximum atomic E-state index is 12.9. The van der Waals surface area contributed by atoms with E-state index in [4.69, 9.17) is 15.7 Å². The zero-order valence-corrected chi connectivity index (χ0v) is 18.6. The summed E-state index contributed by atoms with van der Waals surface area (Å²) in [7, 11) is 0. The minimum absolute atomic E-state index is 0.0802. The van der Waals surface area contributed by atoms with E-state index in [9.17, 15) is 4.79 Å². The summed E-state index contributed by atoms with van der Waals surface area (Å²) in [5.41, 5.74) is 12.4. The second-order valence-electron chi connectivity index (χ2n) is 8.52. The van der Waals surface area contributed by atoms with Gasteiger partial charge in [-0.25, -0.2) is 4.98 Å². The molecule has 0 bridgehead atoms. The largest absolute Gasteiger partial charge is 0.370 e. The number of hydrogen-bond donors (Lipinski definition) is 1. The molecule has 0 atom stereocenters. The van der Waals surface area contributed by atoms with Crippen LogP contribution in [0.5, 0.6) is 0 Å². The molecule has 6 nitrogen and oxygen atoms in total. The Balaban J connectivity index is 1.69. The molecule has 162 valence electrons. The fourth-order valence-electron chi connectivity index (χ4n) is 4.10. The number of aromatic nitrogens is 2. The summed E-state index contributed by atoms with van der Waals surface area (Å²) in [6.45, 7) is 8.10. The van der Waals surface area contributed by atoms with Crippen LogP contribution in [0.15, 0.2) is 52.4 Å². The van der Waals surface area contributed by atoms with Crippen molar-refractivity contribution in [3.05, 3.63) is 58.5 Å². The second-order valence-corrected chi connectivity index (χ2v) is 8.52. The summed E-state index contributed by atoms with van der Waals surface area (Å²) >= 11 is 0. The highest BCUT2D eigenvalue weighted by Crippen LogP contribution is 2.27. The van der Waals surface area contributed by atoms with Crippen LogP contribution >= 0.6 is 0 Å². The summed E-state index contributed by atoms with van der Waals surface area (Å²) in [6.07, 6.45) is 5.89. The molecule has 2 N–H and O–H groups in total. The van der Waals surface area contributed by atoms with Crippen LogP contribution in [0.3, 0.4) is 0 Å². The predicted molar refractivity (Wildman–Crippen MR) is 129 cm³/mol. The Morgan fingerprint density at radius 2 is 1.97 bits per heavy atom. The van der Waals surface area contributed by atoms with E-state index >= 15 is 0 Å². The second kappa shape index (κ2) is 9.02. The van der Waals surface area contributed by atoms with E-state index in [1.54, 1.807) is 10.5 Å². The van der Waals surface area contributed by atoms with E-state index in [-0.39, 0.29) is 11.6 Å². The van der Waals surface area contributed by atoms with Crippen molar-refractivity contribution in [3.8, 4) is 11.3 Å². The minimum atomic E-state index is -0.0802. The molecule has 0 saturated carbocycles. The van der Waals surface area contributed by atoms with Crippen molar-refractivity contribution < 1.29 is 0 Å². The van der Waals surface area contributed by atoms with Gasteiger partial charge in [0.15, 0.2) is 0 Å². The zero-order valence-electron chi connectivity index (χ0n) is 18.6. The number of fused-ring (bicyclic) bond motifs is 1. The molecule has 6 heteroatoms.